The largest absolute Gasteiger partial charge is 0.310 e. The van der Waals surface area contributed by atoms with Crippen LogP contribution in [-0.4, -0.2) is 6.54 Å². The summed E-state index contributed by atoms with van der Waals surface area (Å²) in [7, 11) is 0. The Kier molecular flexibility index (Phi) is 8.40. The molecule has 0 saturated carbocycles. The monoisotopic (exact) mass is 325 g/mol. The van der Waals surface area contributed by atoms with E-state index in [1.165, 1.54) is 42.1 Å². The normalized spacial score (nSPS) is 12.9. The van der Waals surface area contributed by atoms with Gasteiger partial charge < -0.3 is 5.32 Å². The zero-order chi connectivity index (χ0) is 14.1. The van der Waals surface area contributed by atoms with E-state index < -0.39 is 0 Å². The Morgan fingerprint density at radius 3 is 2.37 bits per heavy atom. The van der Waals surface area contributed by atoms with Crippen LogP contribution in [0.3, 0.4) is 0 Å². The number of halogens is 1. The van der Waals surface area contributed by atoms with Crippen molar-refractivity contribution in [1.82, 2.24) is 5.32 Å². The van der Waals surface area contributed by atoms with Gasteiger partial charge in [0.25, 0.3) is 0 Å². The number of benzene rings is 1. The lowest BCUT2D eigenvalue weighted by atomic mass is 10.0. The van der Waals surface area contributed by atoms with Crippen molar-refractivity contribution in [2.24, 2.45) is 5.92 Å². The molecule has 0 aliphatic heterocycles. The lowest BCUT2D eigenvalue weighted by Crippen LogP contribution is -2.20. The second kappa shape index (κ2) is 9.55. The van der Waals surface area contributed by atoms with E-state index in [0.717, 1.165) is 12.5 Å². The molecule has 1 nitrogen and oxygen atoms in total. The fourth-order valence-electron chi connectivity index (χ4n) is 2.29. The summed E-state index contributed by atoms with van der Waals surface area (Å²) in [6.45, 7) is 7.96. The van der Waals surface area contributed by atoms with Crippen LogP contribution in [0, 0.1) is 5.92 Å². The predicted octanol–water partition coefficient (Wildman–Crippen LogP) is 5.71. The zero-order valence-electron chi connectivity index (χ0n) is 12.6. The van der Waals surface area contributed by atoms with Crippen molar-refractivity contribution in [3.05, 3.63) is 34.3 Å². The molecular weight excluding hydrogens is 298 g/mol. The van der Waals surface area contributed by atoms with E-state index in [1.54, 1.807) is 0 Å². The smallest absolute Gasteiger partial charge is 0.0302 e. The highest BCUT2D eigenvalue weighted by Crippen LogP contribution is 2.22. The maximum atomic E-state index is 3.61. The lowest BCUT2D eigenvalue weighted by Gasteiger charge is -2.15. The molecular formula is C17H28BrN. The minimum absolute atomic E-state index is 0.422. The molecule has 0 heterocycles. The molecule has 0 fully saturated rings. The Morgan fingerprint density at radius 1 is 1.00 bits per heavy atom. The van der Waals surface area contributed by atoms with E-state index in [-0.39, 0.29) is 0 Å². The number of unbranched alkanes of at least 4 members (excludes halogenated alkanes) is 3. The summed E-state index contributed by atoms with van der Waals surface area (Å²) < 4.78 is 1.20. The lowest BCUT2D eigenvalue weighted by molar-refractivity contribution is 0.498. The van der Waals surface area contributed by atoms with E-state index in [2.05, 4.69) is 66.3 Å². The topological polar surface area (TPSA) is 12.0 Å². The van der Waals surface area contributed by atoms with Crippen LogP contribution in [-0.2, 0) is 0 Å². The molecule has 0 aromatic heterocycles. The van der Waals surface area contributed by atoms with Crippen molar-refractivity contribution < 1.29 is 0 Å². The molecule has 0 spiro atoms. The number of hydrogen-bond donors (Lipinski definition) is 1. The SMILES string of the molecule is CC(C)CCCCCCNC(C)c1ccccc1Br. The Labute approximate surface area is 127 Å². The number of nitrogens with one attached hydrogen (secondary N) is 1. The molecule has 0 amide bonds. The van der Waals surface area contributed by atoms with E-state index in [4.69, 9.17) is 0 Å². The van der Waals surface area contributed by atoms with E-state index in [0.29, 0.717) is 6.04 Å². The van der Waals surface area contributed by atoms with Crippen LogP contribution >= 0.6 is 15.9 Å². The van der Waals surface area contributed by atoms with Crippen molar-refractivity contribution in [1.29, 1.82) is 0 Å². The molecule has 0 bridgehead atoms. The molecule has 0 aliphatic rings. The summed E-state index contributed by atoms with van der Waals surface area (Å²) in [5.74, 6) is 0.855. The summed E-state index contributed by atoms with van der Waals surface area (Å²) in [6, 6.07) is 8.88. The highest BCUT2D eigenvalue weighted by atomic mass is 79.9. The van der Waals surface area contributed by atoms with Gasteiger partial charge >= 0.3 is 0 Å². The quantitative estimate of drug-likeness (QED) is 0.573. The van der Waals surface area contributed by atoms with Crippen molar-refractivity contribution in [3.8, 4) is 0 Å². The average molecular weight is 326 g/mol. The number of rotatable bonds is 9. The molecule has 0 saturated heterocycles. The Hall–Kier alpha value is -0.340. The second-order valence-corrected chi connectivity index (χ2v) is 6.65. The van der Waals surface area contributed by atoms with E-state index >= 15 is 0 Å². The van der Waals surface area contributed by atoms with Gasteiger partial charge in [0.15, 0.2) is 0 Å². The van der Waals surface area contributed by atoms with Gasteiger partial charge in [-0.25, -0.2) is 0 Å². The second-order valence-electron chi connectivity index (χ2n) is 5.79. The Balaban J connectivity index is 2.11. The minimum atomic E-state index is 0.422. The fraction of sp³-hybridized carbons (Fsp3) is 0.647. The summed E-state index contributed by atoms with van der Waals surface area (Å²) in [5.41, 5.74) is 1.35. The Morgan fingerprint density at radius 2 is 1.68 bits per heavy atom. The fourth-order valence-corrected chi connectivity index (χ4v) is 2.91. The van der Waals surface area contributed by atoms with Gasteiger partial charge in [-0.1, -0.05) is 73.7 Å². The van der Waals surface area contributed by atoms with Crippen LogP contribution in [0.1, 0.15) is 64.5 Å². The summed E-state index contributed by atoms with van der Waals surface area (Å²) >= 11 is 3.61. The summed E-state index contributed by atoms with van der Waals surface area (Å²) in [5, 5.41) is 3.61. The first-order valence-corrected chi connectivity index (χ1v) is 8.38. The third-order valence-electron chi connectivity index (χ3n) is 3.53. The first-order chi connectivity index (χ1) is 9.11. The molecule has 1 atom stereocenters. The first-order valence-electron chi connectivity index (χ1n) is 7.59. The Bertz CT molecular complexity index is 349. The molecule has 19 heavy (non-hydrogen) atoms. The van der Waals surface area contributed by atoms with Crippen LogP contribution in [0.2, 0.25) is 0 Å². The van der Waals surface area contributed by atoms with Crippen molar-refractivity contribution in [2.75, 3.05) is 6.54 Å². The van der Waals surface area contributed by atoms with Gasteiger partial charge in [-0.15, -0.1) is 0 Å². The predicted molar refractivity (Wildman–Crippen MR) is 88.5 cm³/mol. The van der Waals surface area contributed by atoms with Gasteiger partial charge in [-0.2, -0.15) is 0 Å². The van der Waals surface area contributed by atoms with Gasteiger partial charge in [0.05, 0.1) is 0 Å². The van der Waals surface area contributed by atoms with Gasteiger partial charge in [0.2, 0.25) is 0 Å². The van der Waals surface area contributed by atoms with Gasteiger partial charge in [-0.05, 0) is 37.4 Å². The maximum Gasteiger partial charge on any atom is 0.0302 e. The van der Waals surface area contributed by atoms with Crippen molar-refractivity contribution in [3.63, 3.8) is 0 Å². The van der Waals surface area contributed by atoms with Gasteiger partial charge in [0.1, 0.15) is 0 Å². The molecule has 1 rings (SSSR count). The van der Waals surface area contributed by atoms with Gasteiger partial charge in [0, 0.05) is 10.5 Å². The van der Waals surface area contributed by atoms with Crippen LogP contribution in [0.25, 0.3) is 0 Å². The van der Waals surface area contributed by atoms with Crippen molar-refractivity contribution >= 4 is 15.9 Å². The van der Waals surface area contributed by atoms with Crippen LogP contribution in [0.15, 0.2) is 28.7 Å². The van der Waals surface area contributed by atoms with E-state index in [9.17, 15) is 0 Å². The molecule has 0 aliphatic carbocycles. The number of hydrogen-bond acceptors (Lipinski definition) is 1. The molecule has 108 valence electrons. The van der Waals surface area contributed by atoms with Crippen LogP contribution in [0.5, 0.6) is 0 Å². The van der Waals surface area contributed by atoms with Gasteiger partial charge in [-0.3, -0.25) is 0 Å². The molecule has 0 radical (unpaired) electrons. The maximum absolute atomic E-state index is 3.61. The highest BCUT2D eigenvalue weighted by Gasteiger charge is 2.07. The first kappa shape index (κ1) is 16.7. The third kappa shape index (κ3) is 7.12. The van der Waals surface area contributed by atoms with Crippen molar-refractivity contribution in [2.45, 2.75) is 58.9 Å². The van der Waals surface area contributed by atoms with Crippen LogP contribution < -0.4 is 5.32 Å². The van der Waals surface area contributed by atoms with E-state index in [1.807, 2.05) is 0 Å². The zero-order valence-corrected chi connectivity index (χ0v) is 14.2. The molecule has 2 heteroatoms. The summed E-state index contributed by atoms with van der Waals surface area (Å²) in [6.07, 6.45) is 6.77. The summed E-state index contributed by atoms with van der Waals surface area (Å²) in [4.78, 5) is 0. The average Bonchev–Trinajstić information content (AvgIpc) is 2.37. The standard InChI is InChI=1S/C17H28BrN/c1-14(2)10-6-4-5-9-13-19-15(3)16-11-7-8-12-17(16)18/h7-8,11-12,14-15,19H,4-6,9-10,13H2,1-3H3. The minimum Gasteiger partial charge on any atom is -0.310 e. The molecule has 1 aromatic carbocycles. The highest BCUT2D eigenvalue weighted by molar-refractivity contribution is 9.10. The third-order valence-corrected chi connectivity index (χ3v) is 4.25. The molecule has 1 aromatic rings. The van der Waals surface area contributed by atoms with Crippen LogP contribution in [0.4, 0.5) is 0 Å². The molecule has 1 unspecified atom stereocenters. The molecule has 1 N–H and O–H groups in total.